The molecule has 2 amide bonds. The fraction of sp³-hybridized carbons (Fsp3) is 0.280. The summed E-state index contributed by atoms with van der Waals surface area (Å²) in [6.07, 6.45) is 0.348. The van der Waals surface area contributed by atoms with Crippen molar-refractivity contribution in [3.63, 3.8) is 0 Å². The average Bonchev–Trinajstić information content (AvgIpc) is 2.74. The molecular weight excluding hydrogens is 404 g/mol. The number of hydrogen-bond acceptors (Lipinski definition) is 4. The zero-order chi connectivity index (χ0) is 23.4. The summed E-state index contributed by atoms with van der Waals surface area (Å²) in [5.41, 5.74) is 4.62. The zero-order valence-corrected chi connectivity index (χ0v) is 19.0. The van der Waals surface area contributed by atoms with E-state index in [1.54, 1.807) is 6.07 Å². The number of aromatic nitrogens is 2. The van der Waals surface area contributed by atoms with Gasteiger partial charge in [0.25, 0.3) is 5.56 Å². The van der Waals surface area contributed by atoms with Crippen molar-refractivity contribution >= 4 is 23.2 Å². The van der Waals surface area contributed by atoms with Crippen LogP contribution in [0.15, 0.2) is 53.3 Å². The molecule has 0 aliphatic rings. The van der Waals surface area contributed by atoms with Crippen molar-refractivity contribution in [3.8, 4) is 11.3 Å². The number of carbonyl (C=O) groups is 2. The molecule has 0 unspecified atom stereocenters. The molecule has 1 aromatic heterocycles. The molecule has 0 aliphatic heterocycles. The largest absolute Gasteiger partial charge is 0.324 e. The van der Waals surface area contributed by atoms with Crippen LogP contribution in [-0.4, -0.2) is 21.6 Å². The van der Waals surface area contributed by atoms with Crippen LogP contribution in [-0.2, 0) is 9.59 Å². The molecule has 32 heavy (non-hydrogen) atoms. The number of benzene rings is 2. The minimum Gasteiger partial charge on any atom is -0.324 e. The Bertz CT molecular complexity index is 1210. The summed E-state index contributed by atoms with van der Waals surface area (Å²) in [5.74, 6) is -0.715. The van der Waals surface area contributed by atoms with Gasteiger partial charge in [0.1, 0.15) is 11.7 Å². The van der Waals surface area contributed by atoms with Crippen LogP contribution in [0.1, 0.15) is 43.0 Å². The van der Waals surface area contributed by atoms with Gasteiger partial charge in [-0.3, -0.25) is 14.4 Å². The van der Waals surface area contributed by atoms with Crippen LogP contribution in [0.5, 0.6) is 0 Å². The lowest BCUT2D eigenvalue weighted by Crippen LogP contribution is -2.36. The number of carbonyl (C=O) groups excluding carboxylic acids is 2. The number of nitrogens with zero attached hydrogens (tertiary/aromatic N) is 2. The van der Waals surface area contributed by atoms with E-state index in [2.05, 4.69) is 15.7 Å². The lowest BCUT2D eigenvalue weighted by atomic mass is 10.1. The van der Waals surface area contributed by atoms with E-state index in [-0.39, 0.29) is 17.5 Å². The van der Waals surface area contributed by atoms with Crippen LogP contribution in [0.2, 0.25) is 0 Å². The van der Waals surface area contributed by atoms with Crippen LogP contribution in [0.25, 0.3) is 11.3 Å². The molecule has 2 aromatic carbocycles. The highest BCUT2D eigenvalue weighted by atomic mass is 16.2. The molecule has 3 rings (SSSR count). The summed E-state index contributed by atoms with van der Waals surface area (Å²) in [4.78, 5) is 38.0. The SMILES string of the molecule is CC[C@@H](C(=O)Nc1cccc(C)c1C)n1nc(-c2ccc(C)cc2)cc(NC(C)=O)c1=O. The maximum atomic E-state index is 13.2. The lowest BCUT2D eigenvalue weighted by Gasteiger charge is -2.20. The number of nitrogens with one attached hydrogen (secondary N) is 2. The Morgan fingerprint density at radius 1 is 1.00 bits per heavy atom. The van der Waals surface area contributed by atoms with Crippen molar-refractivity contribution in [1.82, 2.24) is 9.78 Å². The summed E-state index contributed by atoms with van der Waals surface area (Å²) in [7, 11) is 0. The Morgan fingerprint density at radius 3 is 2.31 bits per heavy atom. The molecule has 0 saturated heterocycles. The second-order valence-electron chi connectivity index (χ2n) is 7.90. The first-order valence-electron chi connectivity index (χ1n) is 10.6. The van der Waals surface area contributed by atoms with E-state index in [1.807, 2.05) is 70.2 Å². The normalized spacial score (nSPS) is 11.7. The third-order valence-electron chi connectivity index (χ3n) is 5.44. The molecule has 1 heterocycles. The second-order valence-corrected chi connectivity index (χ2v) is 7.90. The van der Waals surface area contributed by atoms with Crippen molar-refractivity contribution in [2.75, 3.05) is 10.6 Å². The maximum absolute atomic E-state index is 13.2. The van der Waals surface area contributed by atoms with Gasteiger partial charge in [0.05, 0.1) is 5.69 Å². The fourth-order valence-electron chi connectivity index (χ4n) is 3.44. The lowest BCUT2D eigenvalue weighted by molar-refractivity contribution is -0.119. The average molecular weight is 433 g/mol. The zero-order valence-electron chi connectivity index (χ0n) is 19.0. The summed E-state index contributed by atoms with van der Waals surface area (Å²) in [6.45, 7) is 9.03. The van der Waals surface area contributed by atoms with Crippen molar-refractivity contribution in [2.24, 2.45) is 0 Å². The maximum Gasteiger partial charge on any atom is 0.291 e. The van der Waals surface area contributed by atoms with Gasteiger partial charge < -0.3 is 10.6 Å². The van der Waals surface area contributed by atoms with E-state index in [4.69, 9.17) is 0 Å². The standard InChI is InChI=1S/C25H28N4O3/c1-6-23(24(31)27-20-9-7-8-16(3)17(20)4)29-25(32)22(26-18(5)30)14-21(28-29)19-12-10-15(2)11-13-19/h7-14,23H,6H2,1-5H3,(H,26,30)(H,27,31)/t23-/m0/s1. The van der Waals surface area contributed by atoms with Crippen molar-refractivity contribution in [3.05, 3.63) is 75.6 Å². The van der Waals surface area contributed by atoms with Gasteiger partial charge in [0.15, 0.2) is 0 Å². The Labute approximate surface area is 187 Å². The fourth-order valence-corrected chi connectivity index (χ4v) is 3.44. The number of aryl methyl sites for hydroxylation is 2. The summed E-state index contributed by atoms with van der Waals surface area (Å²) in [6, 6.07) is 14.0. The topological polar surface area (TPSA) is 93.1 Å². The van der Waals surface area contributed by atoms with Crippen LogP contribution in [0.4, 0.5) is 11.4 Å². The van der Waals surface area contributed by atoms with Gasteiger partial charge >= 0.3 is 0 Å². The quantitative estimate of drug-likeness (QED) is 0.604. The molecule has 1 atom stereocenters. The predicted octanol–water partition coefficient (Wildman–Crippen LogP) is 4.38. The Hall–Kier alpha value is -3.74. The summed E-state index contributed by atoms with van der Waals surface area (Å²) in [5, 5.41) is 10.0. The molecule has 0 saturated carbocycles. The van der Waals surface area contributed by atoms with Gasteiger partial charge in [-0.05, 0) is 50.5 Å². The van der Waals surface area contributed by atoms with E-state index in [1.165, 1.54) is 11.6 Å². The van der Waals surface area contributed by atoms with Gasteiger partial charge in [0.2, 0.25) is 11.8 Å². The summed E-state index contributed by atoms with van der Waals surface area (Å²) < 4.78 is 1.17. The van der Waals surface area contributed by atoms with Gasteiger partial charge in [-0.15, -0.1) is 0 Å². The number of rotatable bonds is 6. The van der Waals surface area contributed by atoms with E-state index in [0.717, 1.165) is 22.3 Å². The molecule has 0 spiro atoms. The van der Waals surface area contributed by atoms with Crippen molar-refractivity contribution in [2.45, 2.75) is 47.1 Å². The molecule has 0 fully saturated rings. The van der Waals surface area contributed by atoms with Crippen LogP contribution < -0.4 is 16.2 Å². The predicted molar refractivity (Wildman–Crippen MR) is 127 cm³/mol. The summed E-state index contributed by atoms with van der Waals surface area (Å²) >= 11 is 0. The second kappa shape index (κ2) is 9.60. The Balaban J connectivity index is 2.08. The Morgan fingerprint density at radius 2 is 1.69 bits per heavy atom. The highest BCUT2D eigenvalue weighted by molar-refractivity contribution is 5.94. The third-order valence-corrected chi connectivity index (χ3v) is 5.44. The molecule has 3 aromatic rings. The van der Waals surface area contributed by atoms with Crippen LogP contribution in [0, 0.1) is 20.8 Å². The van der Waals surface area contributed by atoms with Crippen molar-refractivity contribution in [1.29, 1.82) is 0 Å². The first-order valence-corrected chi connectivity index (χ1v) is 10.6. The third kappa shape index (κ3) is 4.94. The smallest absolute Gasteiger partial charge is 0.291 e. The number of hydrogen-bond donors (Lipinski definition) is 2. The minimum atomic E-state index is -0.847. The van der Waals surface area contributed by atoms with Crippen LogP contribution >= 0.6 is 0 Å². The van der Waals surface area contributed by atoms with Crippen LogP contribution in [0.3, 0.4) is 0 Å². The molecule has 7 nitrogen and oxygen atoms in total. The monoisotopic (exact) mass is 432 g/mol. The van der Waals surface area contributed by atoms with E-state index in [9.17, 15) is 14.4 Å². The molecule has 0 radical (unpaired) electrons. The van der Waals surface area contributed by atoms with Gasteiger partial charge in [-0.1, -0.05) is 48.9 Å². The minimum absolute atomic E-state index is 0.0843. The number of anilines is 2. The molecule has 2 N–H and O–H groups in total. The van der Waals surface area contributed by atoms with E-state index < -0.39 is 11.6 Å². The first-order chi connectivity index (χ1) is 15.2. The molecule has 0 aliphatic carbocycles. The van der Waals surface area contributed by atoms with Gasteiger partial charge in [-0.2, -0.15) is 5.10 Å². The Kier molecular flexibility index (Phi) is 6.88. The first kappa shape index (κ1) is 22.9. The van der Waals surface area contributed by atoms with Gasteiger partial charge in [0, 0.05) is 18.2 Å². The van der Waals surface area contributed by atoms with E-state index in [0.29, 0.717) is 17.8 Å². The van der Waals surface area contributed by atoms with E-state index >= 15 is 0 Å². The molecule has 166 valence electrons. The number of amides is 2. The molecule has 7 heteroatoms. The highest BCUT2D eigenvalue weighted by Gasteiger charge is 2.24. The molecule has 0 bridgehead atoms. The molecular formula is C25H28N4O3. The highest BCUT2D eigenvalue weighted by Crippen LogP contribution is 2.23. The van der Waals surface area contributed by atoms with Gasteiger partial charge in [-0.25, -0.2) is 4.68 Å². The van der Waals surface area contributed by atoms with Crippen molar-refractivity contribution < 1.29 is 9.59 Å².